The number of guanidine groups is 1. The highest BCUT2D eigenvalue weighted by Crippen LogP contribution is 2.34. The van der Waals surface area contributed by atoms with Crippen molar-refractivity contribution in [3.8, 4) is 17.2 Å². The second-order valence-electron chi connectivity index (χ2n) is 6.01. The Morgan fingerprint density at radius 1 is 1.04 bits per heavy atom. The number of nitrogens with one attached hydrogen (secondary N) is 2. The molecule has 2 rings (SSSR count). The largest absolute Gasteiger partial charge is 0.496 e. The molecule has 0 amide bonds. The number of nitrogens with zero attached hydrogens (tertiary/aromatic N) is 2. The number of hydrogen-bond donors (Lipinski definition) is 2. The summed E-state index contributed by atoms with van der Waals surface area (Å²) in [6, 6.07) is 3.73. The van der Waals surface area contributed by atoms with Gasteiger partial charge in [-0.05, 0) is 12.8 Å². The lowest BCUT2D eigenvalue weighted by Crippen LogP contribution is -2.39. The van der Waals surface area contributed by atoms with Crippen LogP contribution in [-0.2, 0) is 19.3 Å². The Bertz CT molecular complexity index is 752. The van der Waals surface area contributed by atoms with E-state index in [0.29, 0.717) is 12.3 Å². The van der Waals surface area contributed by atoms with Gasteiger partial charge in [-0.15, -0.1) is 11.3 Å². The van der Waals surface area contributed by atoms with E-state index in [9.17, 15) is 0 Å². The summed E-state index contributed by atoms with van der Waals surface area (Å²) in [5, 5.41) is 7.81. The molecule has 0 bridgehead atoms. The summed E-state index contributed by atoms with van der Waals surface area (Å²) in [5.41, 5.74) is 0.989. The van der Waals surface area contributed by atoms with E-state index in [-0.39, 0.29) is 0 Å². The van der Waals surface area contributed by atoms with Crippen molar-refractivity contribution in [3.63, 3.8) is 0 Å². The SMILES string of the molecule is CCc1cnc(CCNC(=NC)NCCc2c(OC)cc(OC)cc2OC)s1. The predicted molar refractivity (Wildman–Crippen MR) is 114 cm³/mol. The van der Waals surface area contributed by atoms with E-state index < -0.39 is 0 Å². The zero-order valence-electron chi connectivity index (χ0n) is 17.3. The molecule has 0 atom stereocenters. The molecule has 0 saturated heterocycles. The van der Waals surface area contributed by atoms with Crippen LogP contribution in [-0.4, -0.2) is 52.4 Å². The lowest BCUT2D eigenvalue weighted by atomic mass is 10.1. The van der Waals surface area contributed by atoms with Crippen LogP contribution in [0, 0.1) is 0 Å². The number of ether oxygens (including phenoxy) is 3. The van der Waals surface area contributed by atoms with Gasteiger partial charge >= 0.3 is 0 Å². The lowest BCUT2D eigenvalue weighted by Gasteiger charge is -2.16. The second-order valence-corrected chi connectivity index (χ2v) is 7.21. The fraction of sp³-hybridized carbons (Fsp3) is 0.500. The maximum atomic E-state index is 5.50. The Kier molecular flexibility index (Phi) is 8.87. The molecule has 2 aromatic rings. The van der Waals surface area contributed by atoms with Gasteiger partial charge in [-0.1, -0.05) is 6.92 Å². The zero-order valence-corrected chi connectivity index (χ0v) is 18.1. The van der Waals surface area contributed by atoms with Crippen LogP contribution in [0.15, 0.2) is 23.3 Å². The minimum absolute atomic E-state index is 0.690. The highest BCUT2D eigenvalue weighted by atomic mass is 32.1. The molecule has 0 saturated carbocycles. The van der Waals surface area contributed by atoms with Gasteiger partial charge < -0.3 is 24.8 Å². The van der Waals surface area contributed by atoms with Crippen molar-refractivity contribution in [1.29, 1.82) is 0 Å². The second kappa shape index (κ2) is 11.4. The topological polar surface area (TPSA) is 77.0 Å². The molecule has 0 spiro atoms. The number of aliphatic imine (C=N–C) groups is 1. The number of thiazole rings is 1. The molecule has 0 fully saturated rings. The Hall–Kier alpha value is -2.48. The molecular formula is C20H30N4O3S. The van der Waals surface area contributed by atoms with E-state index in [1.807, 2.05) is 18.3 Å². The zero-order chi connectivity index (χ0) is 20.4. The molecule has 8 heteroatoms. The van der Waals surface area contributed by atoms with Gasteiger partial charge in [0.15, 0.2) is 5.96 Å². The van der Waals surface area contributed by atoms with Crippen molar-refractivity contribution in [2.24, 2.45) is 4.99 Å². The molecule has 2 N–H and O–H groups in total. The number of rotatable bonds is 10. The first-order valence-electron chi connectivity index (χ1n) is 9.32. The van der Waals surface area contributed by atoms with Gasteiger partial charge in [0.2, 0.25) is 0 Å². The molecule has 154 valence electrons. The fourth-order valence-corrected chi connectivity index (χ4v) is 3.63. The van der Waals surface area contributed by atoms with Gasteiger partial charge in [0.05, 0.1) is 26.3 Å². The standard InChI is InChI=1S/C20H30N4O3S/c1-6-15-13-24-19(28-15)8-10-23-20(21-2)22-9-7-16-17(26-4)11-14(25-3)12-18(16)27-5/h11-13H,6-10H2,1-5H3,(H2,21,22,23). The molecule has 1 aromatic carbocycles. The number of aryl methyl sites for hydroxylation is 1. The molecule has 0 unspecified atom stereocenters. The molecule has 0 aliphatic rings. The van der Waals surface area contributed by atoms with E-state index in [1.54, 1.807) is 39.7 Å². The van der Waals surface area contributed by atoms with E-state index in [2.05, 4.69) is 27.5 Å². The molecule has 0 aliphatic heterocycles. The van der Waals surface area contributed by atoms with Crippen LogP contribution >= 0.6 is 11.3 Å². The van der Waals surface area contributed by atoms with Gasteiger partial charge in [-0.25, -0.2) is 4.98 Å². The Balaban J connectivity index is 1.86. The molecule has 1 heterocycles. The number of hydrogen-bond acceptors (Lipinski definition) is 6. The van der Waals surface area contributed by atoms with Crippen molar-refractivity contribution in [3.05, 3.63) is 33.8 Å². The lowest BCUT2D eigenvalue weighted by molar-refractivity contribution is 0.368. The molecule has 28 heavy (non-hydrogen) atoms. The summed E-state index contributed by atoms with van der Waals surface area (Å²) in [6.45, 7) is 3.62. The summed E-state index contributed by atoms with van der Waals surface area (Å²) in [4.78, 5) is 10.0. The highest BCUT2D eigenvalue weighted by Gasteiger charge is 2.13. The van der Waals surface area contributed by atoms with E-state index in [1.165, 1.54) is 4.88 Å². The average Bonchev–Trinajstić information content (AvgIpc) is 3.20. The first kappa shape index (κ1) is 21.8. The normalized spacial score (nSPS) is 11.2. The van der Waals surface area contributed by atoms with Crippen LogP contribution in [0.4, 0.5) is 0 Å². The average molecular weight is 407 g/mol. The Morgan fingerprint density at radius 3 is 2.18 bits per heavy atom. The van der Waals surface area contributed by atoms with Crippen LogP contribution in [0.5, 0.6) is 17.2 Å². The van der Waals surface area contributed by atoms with Crippen molar-refractivity contribution >= 4 is 17.3 Å². The third-order valence-corrected chi connectivity index (χ3v) is 5.49. The quantitative estimate of drug-likeness (QED) is 0.467. The Morgan fingerprint density at radius 2 is 1.68 bits per heavy atom. The van der Waals surface area contributed by atoms with E-state index in [4.69, 9.17) is 14.2 Å². The fourth-order valence-electron chi connectivity index (χ4n) is 2.77. The van der Waals surface area contributed by atoms with Gasteiger partial charge in [-0.3, -0.25) is 4.99 Å². The first-order chi connectivity index (χ1) is 13.6. The summed E-state index contributed by atoms with van der Waals surface area (Å²) in [6.07, 6.45) is 4.60. The van der Waals surface area contributed by atoms with Crippen molar-refractivity contribution in [2.75, 3.05) is 41.5 Å². The highest BCUT2D eigenvalue weighted by molar-refractivity contribution is 7.11. The smallest absolute Gasteiger partial charge is 0.191 e. The predicted octanol–water partition coefficient (Wildman–Crippen LogP) is 2.68. The van der Waals surface area contributed by atoms with Crippen LogP contribution in [0.1, 0.15) is 22.4 Å². The number of aromatic nitrogens is 1. The Labute approximate surface area is 171 Å². The number of benzene rings is 1. The summed E-state index contributed by atoms with van der Waals surface area (Å²) < 4.78 is 16.3. The first-order valence-corrected chi connectivity index (χ1v) is 10.1. The minimum Gasteiger partial charge on any atom is -0.496 e. The molecule has 1 aromatic heterocycles. The van der Waals surface area contributed by atoms with Crippen molar-refractivity contribution in [2.45, 2.75) is 26.2 Å². The molecular weight excluding hydrogens is 376 g/mol. The van der Waals surface area contributed by atoms with Crippen LogP contribution in [0.25, 0.3) is 0 Å². The van der Waals surface area contributed by atoms with E-state index >= 15 is 0 Å². The van der Waals surface area contributed by atoms with Crippen molar-refractivity contribution in [1.82, 2.24) is 15.6 Å². The molecule has 0 aliphatic carbocycles. The van der Waals surface area contributed by atoms with Gasteiger partial charge in [0.25, 0.3) is 0 Å². The molecule has 7 nitrogen and oxygen atoms in total. The van der Waals surface area contributed by atoms with Gasteiger partial charge in [-0.2, -0.15) is 0 Å². The van der Waals surface area contributed by atoms with Gasteiger partial charge in [0, 0.05) is 55.3 Å². The van der Waals surface area contributed by atoms with Crippen molar-refractivity contribution < 1.29 is 14.2 Å². The maximum Gasteiger partial charge on any atom is 0.191 e. The maximum absolute atomic E-state index is 5.50. The van der Waals surface area contributed by atoms with Crippen LogP contribution in [0.2, 0.25) is 0 Å². The minimum atomic E-state index is 0.690. The summed E-state index contributed by atoms with van der Waals surface area (Å²) in [5.74, 6) is 2.96. The summed E-state index contributed by atoms with van der Waals surface area (Å²) in [7, 11) is 6.69. The monoisotopic (exact) mass is 406 g/mol. The molecule has 0 radical (unpaired) electrons. The third kappa shape index (κ3) is 6.02. The van der Waals surface area contributed by atoms with Crippen LogP contribution < -0.4 is 24.8 Å². The van der Waals surface area contributed by atoms with E-state index in [0.717, 1.165) is 53.8 Å². The van der Waals surface area contributed by atoms with Gasteiger partial charge in [0.1, 0.15) is 17.2 Å². The van der Waals surface area contributed by atoms with Crippen LogP contribution in [0.3, 0.4) is 0 Å². The third-order valence-electron chi connectivity index (χ3n) is 4.29. The number of methoxy groups -OCH3 is 3. The summed E-state index contributed by atoms with van der Waals surface area (Å²) >= 11 is 1.77.